The molecule has 3 aliphatic rings. The van der Waals surface area contributed by atoms with E-state index >= 15 is 0 Å². The topological polar surface area (TPSA) is 33.3 Å². The van der Waals surface area contributed by atoms with E-state index in [1.165, 1.54) is 25.7 Å². The van der Waals surface area contributed by atoms with E-state index in [9.17, 15) is 0 Å². The van der Waals surface area contributed by atoms with Gasteiger partial charge in [-0.25, -0.2) is 0 Å². The van der Waals surface area contributed by atoms with Gasteiger partial charge in [0.2, 0.25) is 0 Å². The van der Waals surface area contributed by atoms with Crippen LogP contribution in [0.5, 0.6) is 0 Å². The van der Waals surface area contributed by atoms with Gasteiger partial charge in [0.1, 0.15) is 0 Å². The number of fused-ring (bicyclic) bond motifs is 2. The van der Waals surface area contributed by atoms with Crippen LogP contribution < -0.4 is 10.6 Å². The average Bonchev–Trinajstić information content (AvgIpc) is 3.09. The van der Waals surface area contributed by atoms with Gasteiger partial charge in [-0.05, 0) is 68.5 Å². The molecular weight excluding hydrogens is 268 g/mol. The van der Waals surface area contributed by atoms with Crippen LogP contribution in [0.2, 0.25) is 0 Å². The van der Waals surface area contributed by atoms with Gasteiger partial charge >= 0.3 is 0 Å². The van der Waals surface area contributed by atoms with Crippen LogP contribution >= 0.6 is 12.2 Å². The number of hydrogen-bond donors (Lipinski definition) is 2. The maximum Gasteiger partial charge on any atom is 0.166 e. The smallest absolute Gasteiger partial charge is 0.166 e. The highest BCUT2D eigenvalue weighted by Gasteiger charge is 2.60. The number of nitrogens with one attached hydrogen (secondary N) is 2. The van der Waals surface area contributed by atoms with Crippen molar-refractivity contribution in [3.8, 4) is 0 Å². The Hall–Kier alpha value is -0.350. The molecule has 0 radical (unpaired) electrons. The van der Waals surface area contributed by atoms with Crippen molar-refractivity contribution >= 4 is 17.3 Å². The zero-order valence-electron chi connectivity index (χ0n) is 13.0. The molecule has 2 N–H and O–H groups in total. The normalized spacial score (nSPS) is 41.9. The second-order valence-corrected chi connectivity index (χ2v) is 8.01. The van der Waals surface area contributed by atoms with Crippen molar-refractivity contribution in [2.45, 2.75) is 64.5 Å². The Morgan fingerprint density at radius 1 is 1.20 bits per heavy atom. The fourth-order valence-corrected chi connectivity index (χ4v) is 4.96. The summed E-state index contributed by atoms with van der Waals surface area (Å²) in [4.78, 5) is 0. The summed E-state index contributed by atoms with van der Waals surface area (Å²) in [7, 11) is 0. The predicted octanol–water partition coefficient (Wildman–Crippen LogP) is 2.84. The zero-order valence-corrected chi connectivity index (χ0v) is 13.8. The predicted molar refractivity (Wildman–Crippen MR) is 85.7 cm³/mol. The second kappa shape index (κ2) is 5.13. The molecule has 3 rings (SSSR count). The Morgan fingerprint density at radius 3 is 2.55 bits per heavy atom. The molecule has 20 heavy (non-hydrogen) atoms. The van der Waals surface area contributed by atoms with Crippen molar-refractivity contribution in [3.05, 3.63) is 0 Å². The lowest BCUT2D eigenvalue weighted by Crippen LogP contribution is -2.61. The lowest BCUT2D eigenvalue weighted by molar-refractivity contribution is 0.0823. The van der Waals surface area contributed by atoms with Crippen molar-refractivity contribution in [1.82, 2.24) is 10.6 Å². The van der Waals surface area contributed by atoms with Crippen LogP contribution in [-0.4, -0.2) is 29.9 Å². The number of rotatable bonds is 3. The molecule has 0 amide bonds. The Balaban J connectivity index is 1.57. The minimum Gasteiger partial charge on any atom is -0.376 e. The van der Waals surface area contributed by atoms with Crippen LogP contribution in [0, 0.1) is 17.3 Å². The van der Waals surface area contributed by atoms with Crippen LogP contribution in [0.25, 0.3) is 0 Å². The van der Waals surface area contributed by atoms with Gasteiger partial charge in [-0.3, -0.25) is 0 Å². The number of hydrogen-bond acceptors (Lipinski definition) is 2. The third-order valence-corrected chi connectivity index (χ3v) is 6.74. The third-order valence-electron chi connectivity index (χ3n) is 6.50. The lowest BCUT2D eigenvalue weighted by Gasteiger charge is -2.48. The molecule has 0 aromatic heterocycles. The summed E-state index contributed by atoms with van der Waals surface area (Å²) in [5, 5.41) is 7.84. The molecule has 4 heteroatoms. The maximum absolute atomic E-state index is 5.64. The average molecular weight is 296 g/mol. The minimum atomic E-state index is 0.135. The monoisotopic (exact) mass is 296 g/mol. The van der Waals surface area contributed by atoms with Crippen molar-refractivity contribution in [2.75, 3.05) is 13.2 Å². The van der Waals surface area contributed by atoms with E-state index in [2.05, 4.69) is 31.4 Å². The molecule has 1 heterocycles. The molecule has 1 aliphatic heterocycles. The first-order chi connectivity index (χ1) is 9.43. The first-order valence-corrected chi connectivity index (χ1v) is 8.52. The van der Waals surface area contributed by atoms with E-state index in [1.54, 1.807) is 0 Å². The van der Waals surface area contributed by atoms with E-state index in [4.69, 9.17) is 17.0 Å². The first-order valence-electron chi connectivity index (χ1n) is 8.11. The summed E-state index contributed by atoms with van der Waals surface area (Å²) < 4.78 is 5.64. The van der Waals surface area contributed by atoms with Crippen LogP contribution in [0.15, 0.2) is 0 Å². The van der Waals surface area contributed by atoms with E-state index in [0.29, 0.717) is 11.5 Å². The van der Waals surface area contributed by atoms with Crippen LogP contribution in [0.4, 0.5) is 0 Å². The Labute approximate surface area is 128 Å². The molecule has 0 aromatic carbocycles. The Kier molecular flexibility index (Phi) is 3.74. The molecule has 3 fully saturated rings. The summed E-state index contributed by atoms with van der Waals surface area (Å²) in [6.45, 7) is 8.94. The van der Waals surface area contributed by atoms with Crippen LogP contribution in [-0.2, 0) is 4.74 Å². The van der Waals surface area contributed by atoms with Gasteiger partial charge in [-0.1, -0.05) is 13.8 Å². The first kappa shape index (κ1) is 14.6. The molecule has 0 unspecified atom stereocenters. The summed E-state index contributed by atoms with van der Waals surface area (Å²) in [5.41, 5.74) is 0.460. The minimum absolute atomic E-state index is 0.135. The van der Waals surface area contributed by atoms with Gasteiger partial charge in [0.15, 0.2) is 5.11 Å². The van der Waals surface area contributed by atoms with E-state index in [1.807, 2.05) is 0 Å². The van der Waals surface area contributed by atoms with Crippen molar-refractivity contribution < 1.29 is 4.74 Å². The van der Waals surface area contributed by atoms with Crippen molar-refractivity contribution in [1.29, 1.82) is 0 Å². The quantitative estimate of drug-likeness (QED) is 0.785. The van der Waals surface area contributed by atoms with Gasteiger partial charge in [0.25, 0.3) is 0 Å². The largest absolute Gasteiger partial charge is 0.376 e. The zero-order chi connectivity index (χ0) is 14.4. The van der Waals surface area contributed by atoms with Crippen molar-refractivity contribution in [2.24, 2.45) is 17.3 Å². The summed E-state index contributed by atoms with van der Waals surface area (Å²) in [6.07, 6.45) is 6.79. The molecule has 114 valence electrons. The molecule has 2 aliphatic carbocycles. The van der Waals surface area contributed by atoms with Crippen LogP contribution in [0.1, 0.15) is 52.9 Å². The Bertz CT molecular complexity index is 392. The van der Waals surface area contributed by atoms with E-state index in [-0.39, 0.29) is 5.54 Å². The fourth-order valence-electron chi connectivity index (χ4n) is 4.67. The molecule has 1 saturated heterocycles. The van der Waals surface area contributed by atoms with Gasteiger partial charge in [-0.2, -0.15) is 0 Å². The third kappa shape index (κ3) is 2.25. The molecule has 3 nitrogen and oxygen atoms in total. The van der Waals surface area contributed by atoms with Gasteiger partial charge in [-0.15, -0.1) is 0 Å². The van der Waals surface area contributed by atoms with Crippen molar-refractivity contribution in [3.63, 3.8) is 0 Å². The number of thiocarbonyl (C=S) groups is 1. The molecule has 0 spiro atoms. The van der Waals surface area contributed by atoms with Gasteiger partial charge < -0.3 is 15.4 Å². The Morgan fingerprint density at radius 2 is 1.95 bits per heavy atom. The maximum atomic E-state index is 5.64. The highest BCUT2D eigenvalue weighted by Crippen LogP contribution is 2.61. The lowest BCUT2D eigenvalue weighted by atomic mass is 9.64. The summed E-state index contributed by atoms with van der Waals surface area (Å²) in [6, 6.07) is 0. The standard InChI is InChI=1S/C16H28N2OS/c1-15(2)11-6-7-12(9-11)16(15,3)18-14(20)17-10-13-5-4-8-19-13/h11-13H,4-10H2,1-3H3,(H2,17,18,20)/t11-,12+,13+,16+/m0/s1. The molecule has 0 aromatic rings. The molecular formula is C16H28N2OS. The fraction of sp³-hybridized carbons (Fsp3) is 0.938. The molecule has 2 saturated carbocycles. The summed E-state index contributed by atoms with van der Waals surface area (Å²) in [5.74, 6) is 1.62. The summed E-state index contributed by atoms with van der Waals surface area (Å²) >= 11 is 5.54. The SMILES string of the molecule is CC1(C)[C@H]2CC[C@H](C2)[C@@]1(C)NC(=S)NC[C@H]1CCCO1. The molecule has 4 atom stereocenters. The van der Waals surface area contributed by atoms with Gasteiger partial charge in [0, 0.05) is 18.7 Å². The second-order valence-electron chi connectivity index (χ2n) is 7.60. The van der Waals surface area contributed by atoms with E-state index in [0.717, 1.165) is 36.5 Å². The van der Waals surface area contributed by atoms with E-state index < -0.39 is 0 Å². The number of ether oxygens (including phenoxy) is 1. The molecule has 2 bridgehead atoms. The van der Waals surface area contributed by atoms with Crippen LogP contribution in [0.3, 0.4) is 0 Å². The highest BCUT2D eigenvalue weighted by molar-refractivity contribution is 7.80. The highest BCUT2D eigenvalue weighted by atomic mass is 32.1. The van der Waals surface area contributed by atoms with Gasteiger partial charge in [0.05, 0.1) is 6.10 Å².